The molecule has 110 valence electrons. The van der Waals surface area contributed by atoms with E-state index < -0.39 is 0 Å². The number of hydrogen-bond donors (Lipinski definition) is 1. The second-order valence-electron chi connectivity index (χ2n) is 4.75. The van der Waals surface area contributed by atoms with Crippen molar-refractivity contribution in [2.45, 2.75) is 0 Å². The third-order valence-corrected chi connectivity index (χ3v) is 3.59. The highest BCUT2D eigenvalue weighted by molar-refractivity contribution is 6.35. The molecule has 0 aliphatic heterocycles. The van der Waals surface area contributed by atoms with Crippen molar-refractivity contribution >= 4 is 34.8 Å². The average Bonchev–Trinajstić information content (AvgIpc) is 3.00. The van der Waals surface area contributed by atoms with E-state index in [9.17, 15) is 4.79 Å². The maximum atomic E-state index is 12.2. The summed E-state index contributed by atoms with van der Waals surface area (Å²) in [6, 6.07) is 16.1. The van der Waals surface area contributed by atoms with Gasteiger partial charge in [0.15, 0.2) is 0 Å². The molecule has 1 aromatic heterocycles. The summed E-state index contributed by atoms with van der Waals surface area (Å²) in [7, 11) is 0. The van der Waals surface area contributed by atoms with Gasteiger partial charge in [-0.15, -0.1) is 0 Å². The van der Waals surface area contributed by atoms with Crippen molar-refractivity contribution < 1.29 is 4.79 Å². The molecule has 22 heavy (non-hydrogen) atoms. The number of halogens is 2. The number of amides is 1. The van der Waals surface area contributed by atoms with Crippen LogP contribution in [0.1, 0.15) is 10.4 Å². The molecular weight excluding hydrogens is 319 g/mol. The van der Waals surface area contributed by atoms with E-state index in [1.165, 1.54) is 0 Å². The van der Waals surface area contributed by atoms with Gasteiger partial charge in [0, 0.05) is 39.4 Å². The minimum absolute atomic E-state index is 0.211. The van der Waals surface area contributed by atoms with Crippen LogP contribution in [0.5, 0.6) is 0 Å². The molecule has 1 N–H and O–H groups in total. The van der Waals surface area contributed by atoms with Crippen molar-refractivity contribution in [2.75, 3.05) is 5.32 Å². The highest BCUT2D eigenvalue weighted by atomic mass is 35.5. The first-order valence-electron chi connectivity index (χ1n) is 6.63. The van der Waals surface area contributed by atoms with E-state index in [4.69, 9.17) is 23.2 Å². The first kappa shape index (κ1) is 14.7. The monoisotopic (exact) mass is 330 g/mol. The Hall–Kier alpha value is -2.23. The number of nitrogens with one attached hydrogen (secondary N) is 1. The van der Waals surface area contributed by atoms with Gasteiger partial charge in [0.05, 0.1) is 0 Å². The molecule has 0 aliphatic carbocycles. The number of benzene rings is 2. The maximum absolute atomic E-state index is 12.2. The zero-order valence-corrected chi connectivity index (χ0v) is 13.0. The second kappa shape index (κ2) is 6.26. The smallest absolute Gasteiger partial charge is 0.255 e. The summed E-state index contributed by atoms with van der Waals surface area (Å²) in [5.74, 6) is -0.211. The Bertz CT molecular complexity index is 776. The lowest BCUT2D eigenvalue weighted by atomic mass is 10.2. The quantitative estimate of drug-likeness (QED) is 0.717. The fourth-order valence-electron chi connectivity index (χ4n) is 2.12. The molecule has 0 atom stereocenters. The van der Waals surface area contributed by atoms with E-state index in [-0.39, 0.29) is 5.91 Å². The number of hydrogen-bond acceptors (Lipinski definition) is 1. The second-order valence-corrected chi connectivity index (χ2v) is 5.62. The number of aromatic nitrogens is 1. The normalized spacial score (nSPS) is 10.5. The van der Waals surface area contributed by atoms with Crippen molar-refractivity contribution in [3.8, 4) is 5.69 Å². The standard InChI is InChI=1S/C17H12Cl2N2O/c18-13-9-14(19)11-15(10-13)20-17(22)12-3-5-16(6-4-12)21-7-1-2-8-21/h1-11H,(H,20,22). The summed E-state index contributed by atoms with van der Waals surface area (Å²) < 4.78 is 1.97. The summed E-state index contributed by atoms with van der Waals surface area (Å²) in [5.41, 5.74) is 2.12. The van der Waals surface area contributed by atoms with Gasteiger partial charge in [0.25, 0.3) is 5.91 Å². The van der Waals surface area contributed by atoms with Crippen LogP contribution in [-0.2, 0) is 0 Å². The molecule has 1 heterocycles. The Morgan fingerprint density at radius 2 is 1.50 bits per heavy atom. The van der Waals surface area contributed by atoms with Gasteiger partial charge < -0.3 is 9.88 Å². The van der Waals surface area contributed by atoms with Gasteiger partial charge >= 0.3 is 0 Å². The lowest BCUT2D eigenvalue weighted by Crippen LogP contribution is -2.11. The van der Waals surface area contributed by atoms with Crippen LogP contribution < -0.4 is 5.32 Å². The van der Waals surface area contributed by atoms with Gasteiger partial charge in [0.1, 0.15) is 0 Å². The predicted octanol–water partition coefficient (Wildman–Crippen LogP) is 5.04. The maximum Gasteiger partial charge on any atom is 0.255 e. The SMILES string of the molecule is O=C(Nc1cc(Cl)cc(Cl)c1)c1ccc(-n2cccc2)cc1. The largest absolute Gasteiger partial charge is 0.324 e. The summed E-state index contributed by atoms with van der Waals surface area (Å²) >= 11 is 11.8. The van der Waals surface area contributed by atoms with E-state index in [0.29, 0.717) is 21.3 Å². The Kier molecular flexibility index (Phi) is 4.18. The molecule has 0 saturated heterocycles. The lowest BCUT2D eigenvalue weighted by molar-refractivity contribution is 0.102. The Balaban J connectivity index is 1.77. The number of carbonyl (C=O) groups excluding carboxylic acids is 1. The molecule has 0 aliphatic rings. The Labute approximate surface area is 138 Å². The molecule has 3 rings (SSSR count). The third kappa shape index (κ3) is 3.32. The first-order chi connectivity index (χ1) is 10.6. The number of rotatable bonds is 3. The fraction of sp³-hybridized carbons (Fsp3) is 0. The molecule has 1 amide bonds. The van der Waals surface area contributed by atoms with Crippen molar-refractivity contribution in [2.24, 2.45) is 0 Å². The van der Waals surface area contributed by atoms with Crippen LogP contribution >= 0.6 is 23.2 Å². The molecule has 3 nitrogen and oxygen atoms in total. The van der Waals surface area contributed by atoms with Crippen molar-refractivity contribution in [1.82, 2.24) is 4.57 Å². The van der Waals surface area contributed by atoms with Gasteiger partial charge in [0.2, 0.25) is 0 Å². The van der Waals surface area contributed by atoms with Crippen molar-refractivity contribution in [1.29, 1.82) is 0 Å². The van der Waals surface area contributed by atoms with Gasteiger partial charge in [-0.2, -0.15) is 0 Å². The fourth-order valence-corrected chi connectivity index (χ4v) is 2.65. The van der Waals surface area contributed by atoms with Gasteiger partial charge in [-0.1, -0.05) is 23.2 Å². The Morgan fingerprint density at radius 3 is 2.09 bits per heavy atom. The minimum atomic E-state index is -0.211. The summed E-state index contributed by atoms with van der Waals surface area (Å²) in [6.45, 7) is 0. The van der Waals surface area contributed by atoms with Gasteiger partial charge in [-0.05, 0) is 54.6 Å². The van der Waals surface area contributed by atoms with Crippen LogP contribution in [0, 0.1) is 0 Å². The highest BCUT2D eigenvalue weighted by Gasteiger charge is 2.07. The Morgan fingerprint density at radius 1 is 0.909 bits per heavy atom. The van der Waals surface area contributed by atoms with E-state index in [0.717, 1.165) is 5.69 Å². The minimum Gasteiger partial charge on any atom is -0.324 e. The van der Waals surface area contributed by atoms with Gasteiger partial charge in [-0.3, -0.25) is 4.79 Å². The zero-order valence-electron chi connectivity index (χ0n) is 11.5. The van der Waals surface area contributed by atoms with Crippen LogP contribution in [0.2, 0.25) is 10.0 Å². The van der Waals surface area contributed by atoms with Crippen LogP contribution in [0.25, 0.3) is 5.69 Å². The topological polar surface area (TPSA) is 34.0 Å². The molecule has 2 aromatic carbocycles. The summed E-state index contributed by atoms with van der Waals surface area (Å²) in [6.07, 6.45) is 3.89. The number of anilines is 1. The summed E-state index contributed by atoms with van der Waals surface area (Å²) in [4.78, 5) is 12.2. The average molecular weight is 331 g/mol. The van der Waals surface area contributed by atoms with E-state index in [2.05, 4.69) is 5.32 Å². The van der Waals surface area contributed by atoms with Crippen LogP contribution in [0.15, 0.2) is 67.0 Å². The molecule has 0 spiro atoms. The van der Waals surface area contributed by atoms with Crippen molar-refractivity contribution in [3.05, 3.63) is 82.6 Å². The number of carbonyl (C=O) groups is 1. The molecule has 3 aromatic rings. The summed E-state index contributed by atoms with van der Waals surface area (Å²) in [5, 5.41) is 3.73. The molecular formula is C17H12Cl2N2O. The van der Waals surface area contributed by atoms with Crippen LogP contribution in [0.3, 0.4) is 0 Å². The van der Waals surface area contributed by atoms with Crippen LogP contribution in [0.4, 0.5) is 5.69 Å². The molecule has 0 unspecified atom stereocenters. The first-order valence-corrected chi connectivity index (χ1v) is 7.38. The molecule has 5 heteroatoms. The molecule has 0 saturated carbocycles. The third-order valence-electron chi connectivity index (χ3n) is 3.15. The van der Waals surface area contributed by atoms with Crippen LogP contribution in [-0.4, -0.2) is 10.5 Å². The van der Waals surface area contributed by atoms with E-state index >= 15 is 0 Å². The molecule has 0 bridgehead atoms. The molecule has 0 radical (unpaired) electrons. The predicted molar refractivity (Wildman–Crippen MR) is 90.2 cm³/mol. The highest BCUT2D eigenvalue weighted by Crippen LogP contribution is 2.23. The van der Waals surface area contributed by atoms with Gasteiger partial charge in [-0.25, -0.2) is 0 Å². The van der Waals surface area contributed by atoms with Crippen molar-refractivity contribution in [3.63, 3.8) is 0 Å². The van der Waals surface area contributed by atoms with E-state index in [1.807, 2.05) is 41.2 Å². The van der Waals surface area contributed by atoms with E-state index in [1.54, 1.807) is 30.3 Å². The molecule has 0 fully saturated rings. The zero-order chi connectivity index (χ0) is 15.5. The lowest BCUT2D eigenvalue weighted by Gasteiger charge is -2.08. The number of nitrogens with zero attached hydrogens (tertiary/aromatic N) is 1.